The van der Waals surface area contributed by atoms with E-state index < -0.39 is 29.2 Å². The second kappa shape index (κ2) is 22.8. The van der Waals surface area contributed by atoms with Crippen LogP contribution in [-0.4, -0.2) is 66.4 Å². The van der Waals surface area contributed by atoms with Crippen LogP contribution in [0, 0.1) is 0 Å². The monoisotopic (exact) mass is 928 g/mol. The predicted molar refractivity (Wildman–Crippen MR) is 265 cm³/mol. The molecule has 13 heteroatoms. The topological polar surface area (TPSA) is 179 Å². The van der Waals surface area contributed by atoms with E-state index in [1.807, 2.05) is 48.5 Å². The number of hydrogen-bond acceptors (Lipinski definition) is 13. The lowest BCUT2D eigenvalue weighted by Gasteiger charge is -2.42. The Hall–Kier alpha value is -6.11. The molecule has 1 unspecified atom stereocenters. The van der Waals surface area contributed by atoms with Crippen LogP contribution >= 0.6 is 0 Å². The Kier molecular flexibility index (Phi) is 16.7. The zero-order valence-corrected chi connectivity index (χ0v) is 40.3. The Morgan fingerprint density at radius 2 is 1.07 bits per heavy atom. The number of hydrogen-bond donors (Lipinski definition) is 3. The summed E-state index contributed by atoms with van der Waals surface area (Å²) in [7, 11) is 0. The highest BCUT2D eigenvalue weighted by Crippen LogP contribution is 2.47. The van der Waals surface area contributed by atoms with Gasteiger partial charge < -0.3 is 30.2 Å². The largest absolute Gasteiger partial charge is 0.461 e. The number of carbonyl (C=O) groups excluding carboxylic acids is 6. The lowest BCUT2D eigenvalue weighted by Crippen LogP contribution is -2.54. The Balaban J connectivity index is 1.28. The van der Waals surface area contributed by atoms with Crippen LogP contribution in [0.1, 0.15) is 155 Å². The molecule has 4 aromatic carbocycles. The van der Waals surface area contributed by atoms with E-state index in [4.69, 9.17) is 19.2 Å². The van der Waals surface area contributed by atoms with Gasteiger partial charge in [0, 0.05) is 59.5 Å². The Morgan fingerprint density at radius 3 is 1.65 bits per heavy atom. The van der Waals surface area contributed by atoms with Crippen LogP contribution in [0.25, 0.3) is 27.1 Å². The smallest absolute Gasteiger partial charge is 0.305 e. The summed E-state index contributed by atoms with van der Waals surface area (Å²) in [4.78, 5) is 87.3. The zero-order valence-electron chi connectivity index (χ0n) is 40.3. The fourth-order valence-electron chi connectivity index (χ4n) is 9.55. The molecule has 362 valence electrons. The first-order valence-corrected chi connectivity index (χ1v) is 25.1. The number of anilines is 3. The fourth-order valence-corrected chi connectivity index (χ4v) is 9.55. The highest BCUT2D eigenvalue weighted by molar-refractivity contribution is 6.59. The normalized spacial score (nSPS) is 17.6. The van der Waals surface area contributed by atoms with Crippen molar-refractivity contribution in [2.24, 2.45) is 4.99 Å². The molecule has 1 saturated carbocycles. The van der Waals surface area contributed by atoms with Gasteiger partial charge in [-0.2, -0.15) is 0 Å². The van der Waals surface area contributed by atoms with Gasteiger partial charge in [-0.3, -0.25) is 28.8 Å². The van der Waals surface area contributed by atoms with Crippen molar-refractivity contribution in [1.82, 2.24) is 0 Å². The van der Waals surface area contributed by atoms with Crippen LogP contribution < -0.4 is 26.5 Å². The molecule has 0 saturated heterocycles. The molecule has 1 aliphatic carbocycles. The van der Waals surface area contributed by atoms with E-state index >= 15 is 0 Å². The molecule has 0 amide bonds. The number of rotatable bonds is 26. The number of nitrogens with zero attached hydrogens (tertiary/aromatic N) is 1. The Bertz CT molecular complexity index is 2600. The number of benzene rings is 4. The molecule has 0 bridgehead atoms. The van der Waals surface area contributed by atoms with Gasteiger partial charge in [0.1, 0.15) is 37.2 Å². The molecule has 7 rings (SSSR count). The molecule has 2 heterocycles. The summed E-state index contributed by atoms with van der Waals surface area (Å²) in [5.41, 5.74) is -0.172. The highest BCUT2D eigenvalue weighted by Gasteiger charge is 2.49. The molecular weight excluding hydrogens is 861 g/mol. The van der Waals surface area contributed by atoms with E-state index in [0.717, 1.165) is 79.6 Å². The number of Topliss-reactive ketones (excluding diaryl/α,β-unsaturated/α-hetero) is 3. The van der Waals surface area contributed by atoms with E-state index in [9.17, 15) is 28.8 Å². The molecule has 3 N–H and O–H groups in total. The molecule has 68 heavy (non-hydrogen) atoms. The summed E-state index contributed by atoms with van der Waals surface area (Å²) in [5.74, 6) is -2.97. The molecule has 4 aromatic rings. The van der Waals surface area contributed by atoms with Crippen LogP contribution in [0.5, 0.6) is 0 Å². The van der Waals surface area contributed by atoms with Crippen LogP contribution in [0.3, 0.4) is 0 Å². The van der Waals surface area contributed by atoms with Crippen molar-refractivity contribution in [3.63, 3.8) is 0 Å². The molecule has 0 radical (unpaired) electrons. The standard InChI is InChI=1S/C55H68N4O9/c1-5-9-13-21-38(60)31-32-54(33-66-43(61)24-14-10-6-2)56-41-22-17-19-36-27-29-39(50(58-54)46(36)41)48-52(64)49(53(48)65)40-30-28-37-20-18-23-42-47(37)51(40)59-55(57-42,34-67-44(62)25-15-11-7-3)35-68-45(63)26-16-12-8-4/h17-20,22-23,27-30,48,56-58H,5-16,21,24-26,31-35H2,1-4H3. The maximum Gasteiger partial charge on any atom is 0.305 e. The molecular formula is C55H68N4O9. The first kappa shape index (κ1) is 49.8. The van der Waals surface area contributed by atoms with Crippen molar-refractivity contribution < 1.29 is 43.0 Å². The minimum absolute atomic E-state index is 0.00570. The molecule has 0 spiro atoms. The first-order chi connectivity index (χ1) is 33.0. The summed E-state index contributed by atoms with van der Waals surface area (Å²) >= 11 is 0. The summed E-state index contributed by atoms with van der Waals surface area (Å²) in [6.07, 6.45) is 12.0. The van der Waals surface area contributed by atoms with Crippen molar-refractivity contribution in [1.29, 1.82) is 0 Å². The maximum atomic E-state index is 14.9. The number of ketones is 3. The summed E-state index contributed by atoms with van der Waals surface area (Å²) in [5, 5.41) is 14.5. The van der Waals surface area contributed by atoms with Crippen molar-refractivity contribution in [2.45, 2.75) is 161 Å². The van der Waals surface area contributed by atoms with Gasteiger partial charge in [-0.1, -0.05) is 128 Å². The molecule has 13 nitrogen and oxygen atoms in total. The van der Waals surface area contributed by atoms with Gasteiger partial charge in [0.25, 0.3) is 0 Å². The van der Waals surface area contributed by atoms with Crippen LogP contribution in [0.4, 0.5) is 17.1 Å². The van der Waals surface area contributed by atoms with E-state index in [2.05, 4.69) is 43.6 Å². The number of ether oxygens (including phenoxy) is 3. The van der Waals surface area contributed by atoms with Gasteiger partial charge in [-0.25, -0.2) is 4.99 Å². The van der Waals surface area contributed by atoms with Gasteiger partial charge in [0.15, 0.2) is 17.2 Å². The second-order valence-corrected chi connectivity index (χ2v) is 18.8. The van der Waals surface area contributed by atoms with Gasteiger partial charge in [-0.15, -0.1) is 0 Å². The van der Waals surface area contributed by atoms with E-state index in [-0.39, 0.29) is 80.8 Å². The average Bonchev–Trinajstić information content (AvgIpc) is 3.33. The molecule has 0 aromatic heterocycles. The average molecular weight is 929 g/mol. The lowest BCUT2D eigenvalue weighted by molar-refractivity contribution is -0.150. The second-order valence-electron chi connectivity index (χ2n) is 18.8. The van der Waals surface area contributed by atoms with Crippen molar-refractivity contribution in [3.05, 3.63) is 76.8 Å². The fraction of sp³-hybridized carbons (Fsp3) is 0.509. The van der Waals surface area contributed by atoms with Gasteiger partial charge in [-0.05, 0) is 60.6 Å². The quantitative estimate of drug-likeness (QED) is 0.0235. The number of carbonyl (C=O) groups is 6. The van der Waals surface area contributed by atoms with E-state index in [1.54, 1.807) is 12.1 Å². The van der Waals surface area contributed by atoms with E-state index in [1.165, 1.54) is 0 Å². The SMILES string of the molecule is CCCCCC(=O)CCC1(COC(=O)CCCCC)Nc2cccc3ccc(C4C(=O)C(=c5ccc6cccc7c6c5=NC(COC(=O)CCCCC)(COC(=O)CCCCC)N7)C4=O)c(c23)N1. The minimum atomic E-state index is -1.45. The third kappa shape index (κ3) is 11.2. The third-order valence-electron chi connectivity index (χ3n) is 13.4. The molecule has 1 fully saturated rings. The van der Waals surface area contributed by atoms with Crippen LogP contribution in [-0.2, 0) is 43.0 Å². The van der Waals surface area contributed by atoms with Gasteiger partial charge in [0.2, 0.25) is 0 Å². The van der Waals surface area contributed by atoms with Crippen molar-refractivity contribution in [2.75, 3.05) is 35.8 Å². The Labute approximate surface area is 399 Å². The van der Waals surface area contributed by atoms with Crippen LogP contribution in [0.15, 0.2) is 65.7 Å². The molecule has 3 aliphatic rings. The number of nitrogens with one attached hydrogen (secondary N) is 3. The first-order valence-electron chi connectivity index (χ1n) is 25.1. The summed E-state index contributed by atoms with van der Waals surface area (Å²) < 4.78 is 17.6. The molecule has 1 atom stereocenters. The zero-order chi connectivity index (χ0) is 48.3. The summed E-state index contributed by atoms with van der Waals surface area (Å²) in [6.45, 7) is 7.68. The maximum absolute atomic E-state index is 14.9. The van der Waals surface area contributed by atoms with Gasteiger partial charge >= 0.3 is 17.9 Å². The van der Waals surface area contributed by atoms with Crippen LogP contribution in [0.2, 0.25) is 0 Å². The highest BCUT2D eigenvalue weighted by atomic mass is 16.6. The summed E-state index contributed by atoms with van der Waals surface area (Å²) in [6, 6.07) is 18.7. The third-order valence-corrected chi connectivity index (χ3v) is 13.4. The predicted octanol–water partition coefficient (Wildman–Crippen LogP) is 9.65. The number of unbranched alkanes of at least 4 members (excludes halogenated alkanes) is 8. The van der Waals surface area contributed by atoms with Crippen molar-refractivity contribution in [3.8, 4) is 0 Å². The van der Waals surface area contributed by atoms with Gasteiger partial charge in [0.05, 0.1) is 16.6 Å². The minimum Gasteiger partial charge on any atom is -0.461 e. The van der Waals surface area contributed by atoms with Crippen molar-refractivity contribution >= 4 is 79.4 Å². The number of esters is 3. The molecule has 2 aliphatic heterocycles. The lowest BCUT2D eigenvalue weighted by atomic mass is 9.70. The Morgan fingerprint density at radius 1 is 0.559 bits per heavy atom. The van der Waals surface area contributed by atoms with E-state index in [0.29, 0.717) is 58.6 Å².